The summed E-state index contributed by atoms with van der Waals surface area (Å²) in [6.45, 7) is 5.20. The first kappa shape index (κ1) is 8.74. The molecule has 4 nitrogen and oxygen atoms in total. The first-order valence-corrected chi connectivity index (χ1v) is 5.14. The van der Waals surface area contributed by atoms with E-state index < -0.39 is 0 Å². The zero-order chi connectivity index (χ0) is 9.26. The van der Waals surface area contributed by atoms with Gasteiger partial charge in [-0.2, -0.15) is 0 Å². The Morgan fingerprint density at radius 2 is 2.15 bits per heavy atom. The minimum atomic E-state index is 0.726. The molecule has 0 bridgehead atoms. The number of rotatable bonds is 2. The van der Waals surface area contributed by atoms with E-state index in [1.54, 1.807) is 0 Å². The summed E-state index contributed by atoms with van der Waals surface area (Å²) in [5.41, 5.74) is 0. The Balaban J connectivity index is 2.33. The van der Waals surface area contributed by atoms with E-state index in [4.69, 9.17) is 12.2 Å². The fraction of sp³-hybridized carbons (Fsp3) is 0.750. The van der Waals surface area contributed by atoms with Crippen molar-refractivity contribution in [2.24, 2.45) is 0 Å². The topological polar surface area (TPSA) is 36.9 Å². The zero-order valence-corrected chi connectivity index (χ0v) is 8.60. The van der Waals surface area contributed by atoms with Crippen molar-refractivity contribution in [3.8, 4) is 0 Å². The fourth-order valence-electron chi connectivity index (χ4n) is 1.75. The molecule has 0 atom stereocenters. The first-order chi connectivity index (χ1) is 6.33. The second kappa shape index (κ2) is 3.49. The van der Waals surface area contributed by atoms with Gasteiger partial charge in [0, 0.05) is 19.6 Å². The monoisotopic (exact) mass is 198 g/mol. The Morgan fingerprint density at radius 1 is 1.46 bits per heavy atom. The lowest BCUT2D eigenvalue weighted by Crippen LogP contribution is -2.22. The molecular formula is C8H14N4S. The molecule has 0 spiro atoms. The highest BCUT2D eigenvalue weighted by molar-refractivity contribution is 7.71. The van der Waals surface area contributed by atoms with E-state index in [2.05, 4.69) is 22.0 Å². The van der Waals surface area contributed by atoms with Crippen LogP contribution < -0.4 is 4.90 Å². The van der Waals surface area contributed by atoms with Crippen molar-refractivity contribution in [1.82, 2.24) is 14.8 Å². The van der Waals surface area contributed by atoms with E-state index in [1.165, 1.54) is 12.8 Å². The van der Waals surface area contributed by atoms with Crippen molar-refractivity contribution in [3.63, 3.8) is 0 Å². The molecule has 1 aliphatic rings. The SMILES string of the molecule is CCn1c(N2CCCC2)n[nH]c1=S. The summed E-state index contributed by atoms with van der Waals surface area (Å²) in [6, 6.07) is 0. The molecule has 1 aromatic heterocycles. The summed E-state index contributed by atoms with van der Waals surface area (Å²) in [6.07, 6.45) is 2.53. The molecule has 2 heterocycles. The molecule has 1 N–H and O–H groups in total. The average molecular weight is 198 g/mol. The van der Waals surface area contributed by atoms with Crippen LogP contribution in [0.2, 0.25) is 0 Å². The summed E-state index contributed by atoms with van der Waals surface area (Å²) in [4.78, 5) is 2.29. The van der Waals surface area contributed by atoms with E-state index in [0.29, 0.717) is 0 Å². The highest BCUT2D eigenvalue weighted by atomic mass is 32.1. The van der Waals surface area contributed by atoms with Crippen molar-refractivity contribution in [2.45, 2.75) is 26.3 Å². The predicted octanol–water partition coefficient (Wildman–Crippen LogP) is 1.56. The molecule has 2 rings (SSSR count). The molecule has 0 amide bonds. The lowest BCUT2D eigenvalue weighted by Gasteiger charge is -2.15. The molecule has 0 radical (unpaired) electrons. The maximum atomic E-state index is 5.13. The third kappa shape index (κ3) is 1.48. The average Bonchev–Trinajstić information content (AvgIpc) is 2.71. The van der Waals surface area contributed by atoms with Gasteiger partial charge in [0.05, 0.1) is 0 Å². The van der Waals surface area contributed by atoms with Crippen molar-refractivity contribution < 1.29 is 0 Å². The first-order valence-electron chi connectivity index (χ1n) is 4.73. The third-order valence-electron chi connectivity index (χ3n) is 2.44. The van der Waals surface area contributed by atoms with Gasteiger partial charge < -0.3 is 4.90 Å². The molecule has 72 valence electrons. The number of aromatic amines is 1. The lowest BCUT2D eigenvalue weighted by atomic mass is 10.4. The van der Waals surface area contributed by atoms with Crippen LogP contribution >= 0.6 is 12.2 Å². The van der Waals surface area contributed by atoms with Gasteiger partial charge in [-0.15, -0.1) is 5.10 Å². The van der Waals surface area contributed by atoms with Crippen LogP contribution in [-0.4, -0.2) is 27.9 Å². The van der Waals surface area contributed by atoms with Gasteiger partial charge in [0.25, 0.3) is 0 Å². The summed E-state index contributed by atoms with van der Waals surface area (Å²) in [5, 5.41) is 7.08. The third-order valence-corrected chi connectivity index (χ3v) is 2.75. The van der Waals surface area contributed by atoms with Crippen LogP contribution in [0.25, 0.3) is 0 Å². The van der Waals surface area contributed by atoms with Crippen molar-refractivity contribution in [1.29, 1.82) is 0 Å². The van der Waals surface area contributed by atoms with Crippen molar-refractivity contribution in [3.05, 3.63) is 4.77 Å². The van der Waals surface area contributed by atoms with Crippen LogP contribution in [0.4, 0.5) is 5.95 Å². The Morgan fingerprint density at radius 3 is 2.77 bits per heavy atom. The van der Waals surface area contributed by atoms with E-state index in [0.717, 1.165) is 30.4 Å². The van der Waals surface area contributed by atoms with Crippen molar-refractivity contribution in [2.75, 3.05) is 18.0 Å². The van der Waals surface area contributed by atoms with E-state index in [-0.39, 0.29) is 0 Å². The van der Waals surface area contributed by atoms with Crippen molar-refractivity contribution >= 4 is 18.2 Å². The van der Waals surface area contributed by atoms with Crippen LogP contribution in [0.1, 0.15) is 19.8 Å². The number of nitrogens with zero attached hydrogens (tertiary/aromatic N) is 3. The molecule has 1 fully saturated rings. The molecule has 0 saturated carbocycles. The van der Waals surface area contributed by atoms with Gasteiger partial charge >= 0.3 is 0 Å². The summed E-state index contributed by atoms with van der Waals surface area (Å²) < 4.78 is 2.77. The van der Waals surface area contributed by atoms with Crippen LogP contribution in [0.15, 0.2) is 0 Å². The minimum absolute atomic E-state index is 0.726. The van der Waals surface area contributed by atoms with E-state index in [9.17, 15) is 0 Å². The highest BCUT2D eigenvalue weighted by Crippen LogP contribution is 2.17. The molecule has 13 heavy (non-hydrogen) atoms. The Kier molecular flexibility index (Phi) is 2.35. The quantitative estimate of drug-likeness (QED) is 0.733. The molecule has 0 unspecified atom stereocenters. The van der Waals surface area contributed by atoms with Crippen LogP contribution in [0, 0.1) is 4.77 Å². The maximum absolute atomic E-state index is 5.13. The molecule has 0 aromatic carbocycles. The molecule has 5 heteroatoms. The summed E-state index contributed by atoms with van der Waals surface area (Å²) in [5.74, 6) is 1.00. The highest BCUT2D eigenvalue weighted by Gasteiger charge is 2.17. The largest absolute Gasteiger partial charge is 0.341 e. The van der Waals surface area contributed by atoms with Crippen LogP contribution in [0.5, 0.6) is 0 Å². The Hall–Kier alpha value is -0.840. The number of hydrogen-bond acceptors (Lipinski definition) is 3. The minimum Gasteiger partial charge on any atom is -0.341 e. The Bertz CT molecular complexity index is 334. The number of hydrogen-bond donors (Lipinski definition) is 1. The maximum Gasteiger partial charge on any atom is 0.225 e. The number of aromatic nitrogens is 3. The van der Waals surface area contributed by atoms with Crippen LogP contribution in [-0.2, 0) is 6.54 Å². The number of nitrogens with one attached hydrogen (secondary N) is 1. The van der Waals surface area contributed by atoms with E-state index >= 15 is 0 Å². The zero-order valence-electron chi connectivity index (χ0n) is 7.79. The fourth-order valence-corrected chi connectivity index (χ4v) is 2.01. The molecular weight excluding hydrogens is 184 g/mol. The predicted molar refractivity (Wildman–Crippen MR) is 54.5 cm³/mol. The molecule has 1 aliphatic heterocycles. The van der Waals surface area contributed by atoms with Gasteiger partial charge in [0.15, 0.2) is 4.77 Å². The van der Waals surface area contributed by atoms with Gasteiger partial charge in [-0.05, 0) is 32.0 Å². The second-order valence-corrected chi connectivity index (χ2v) is 3.65. The molecule has 0 aliphatic carbocycles. The van der Waals surface area contributed by atoms with E-state index in [1.807, 2.05) is 4.57 Å². The number of H-pyrrole nitrogens is 1. The summed E-state index contributed by atoms with van der Waals surface area (Å²) >= 11 is 5.13. The smallest absolute Gasteiger partial charge is 0.225 e. The molecule has 1 aromatic rings. The van der Waals surface area contributed by atoms with Gasteiger partial charge in [0.2, 0.25) is 5.95 Å². The van der Waals surface area contributed by atoms with Gasteiger partial charge in [-0.3, -0.25) is 4.57 Å². The number of anilines is 1. The van der Waals surface area contributed by atoms with Crippen LogP contribution in [0.3, 0.4) is 0 Å². The lowest BCUT2D eigenvalue weighted by molar-refractivity contribution is 0.722. The standard InChI is InChI=1S/C8H14N4S/c1-2-12-7(9-10-8(12)13)11-5-3-4-6-11/h2-6H2,1H3,(H,10,13). The Labute approximate surface area is 82.6 Å². The van der Waals surface area contributed by atoms with Gasteiger partial charge in [0.1, 0.15) is 0 Å². The second-order valence-electron chi connectivity index (χ2n) is 3.27. The van der Waals surface area contributed by atoms with Gasteiger partial charge in [-0.25, -0.2) is 5.10 Å². The normalized spacial score (nSPS) is 16.8. The van der Waals surface area contributed by atoms with Gasteiger partial charge in [-0.1, -0.05) is 0 Å². The molecule has 1 saturated heterocycles. The summed E-state index contributed by atoms with van der Waals surface area (Å²) in [7, 11) is 0.